The molecule has 4 nitrogen and oxygen atoms in total. The number of benzene rings is 2. The number of aromatic amines is 1. The summed E-state index contributed by atoms with van der Waals surface area (Å²) in [5.41, 5.74) is 2.24. The van der Waals surface area contributed by atoms with Crippen LogP contribution in [0.15, 0.2) is 53.5 Å². The van der Waals surface area contributed by atoms with Crippen LogP contribution >= 0.6 is 0 Å². The molecule has 0 aliphatic rings. The van der Waals surface area contributed by atoms with Crippen LogP contribution in [0, 0.1) is 0 Å². The van der Waals surface area contributed by atoms with Crippen molar-refractivity contribution >= 4 is 10.9 Å². The topological polar surface area (TPSA) is 51.3 Å². The largest absolute Gasteiger partial charge is 0.497 e. The van der Waals surface area contributed by atoms with Gasteiger partial charge in [0.15, 0.2) is 5.43 Å². The zero-order chi connectivity index (χ0) is 14.8. The van der Waals surface area contributed by atoms with Gasteiger partial charge in [0, 0.05) is 22.7 Å². The van der Waals surface area contributed by atoms with Crippen LogP contribution < -0.4 is 14.9 Å². The minimum Gasteiger partial charge on any atom is -0.497 e. The molecule has 0 fully saturated rings. The molecule has 3 aromatic rings. The molecule has 3 rings (SSSR count). The molecular weight excluding hydrogens is 266 g/mol. The quantitative estimate of drug-likeness (QED) is 0.802. The van der Waals surface area contributed by atoms with E-state index in [1.165, 1.54) is 0 Å². The van der Waals surface area contributed by atoms with Gasteiger partial charge in [0.2, 0.25) is 0 Å². The van der Waals surface area contributed by atoms with E-state index in [4.69, 9.17) is 9.47 Å². The fraction of sp³-hybridized carbons (Fsp3) is 0.118. The summed E-state index contributed by atoms with van der Waals surface area (Å²) < 4.78 is 10.3. The molecule has 0 spiro atoms. The summed E-state index contributed by atoms with van der Waals surface area (Å²) in [7, 11) is 3.20. The smallest absolute Gasteiger partial charge is 0.197 e. The summed E-state index contributed by atoms with van der Waals surface area (Å²) in [6.07, 6.45) is 1.74. The van der Waals surface area contributed by atoms with Crippen molar-refractivity contribution in [1.29, 1.82) is 0 Å². The molecule has 21 heavy (non-hydrogen) atoms. The minimum atomic E-state index is -0.0205. The maximum absolute atomic E-state index is 12.6. The van der Waals surface area contributed by atoms with Gasteiger partial charge in [-0.1, -0.05) is 12.1 Å². The molecule has 4 heteroatoms. The standard InChI is InChI=1S/C17H15NO3/c1-20-12-5-3-11(4-6-12)15-10-18-16-8-7-13(21-2)9-14(16)17(15)19/h3-10H,1-2H3,(H,18,19). The zero-order valence-electron chi connectivity index (χ0n) is 11.8. The van der Waals surface area contributed by atoms with E-state index in [0.717, 1.165) is 16.8 Å². The monoisotopic (exact) mass is 281 g/mol. The Morgan fingerprint density at radius 2 is 1.57 bits per heavy atom. The number of hydrogen-bond acceptors (Lipinski definition) is 3. The lowest BCUT2D eigenvalue weighted by molar-refractivity contribution is 0.415. The predicted octanol–water partition coefficient (Wildman–Crippen LogP) is 3.21. The number of methoxy groups -OCH3 is 2. The van der Waals surface area contributed by atoms with Crippen molar-refractivity contribution in [1.82, 2.24) is 4.98 Å². The molecule has 0 amide bonds. The van der Waals surface area contributed by atoms with Gasteiger partial charge in [0.05, 0.1) is 14.2 Å². The summed E-state index contributed by atoms with van der Waals surface area (Å²) in [6, 6.07) is 12.8. The van der Waals surface area contributed by atoms with Crippen molar-refractivity contribution < 1.29 is 9.47 Å². The molecule has 0 unspecified atom stereocenters. The van der Waals surface area contributed by atoms with Crippen LogP contribution in [-0.4, -0.2) is 19.2 Å². The molecule has 2 aromatic carbocycles. The molecule has 0 saturated carbocycles. The normalized spacial score (nSPS) is 10.6. The maximum Gasteiger partial charge on any atom is 0.197 e. The first-order valence-corrected chi connectivity index (χ1v) is 6.57. The highest BCUT2D eigenvalue weighted by atomic mass is 16.5. The van der Waals surface area contributed by atoms with Gasteiger partial charge < -0.3 is 14.5 Å². The van der Waals surface area contributed by atoms with E-state index in [0.29, 0.717) is 16.7 Å². The van der Waals surface area contributed by atoms with Gasteiger partial charge in [0.25, 0.3) is 0 Å². The van der Waals surface area contributed by atoms with Gasteiger partial charge in [-0.05, 0) is 35.9 Å². The molecule has 1 aromatic heterocycles. The van der Waals surface area contributed by atoms with Crippen molar-refractivity contribution in [2.75, 3.05) is 14.2 Å². The Balaban J connectivity index is 2.18. The predicted molar refractivity (Wildman–Crippen MR) is 83.1 cm³/mol. The van der Waals surface area contributed by atoms with Crippen LogP contribution in [-0.2, 0) is 0 Å². The molecule has 0 aliphatic heterocycles. The van der Waals surface area contributed by atoms with Crippen LogP contribution in [0.4, 0.5) is 0 Å². The lowest BCUT2D eigenvalue weighted by Gasteiger charge is -2.06. The molecule has 1 heterocycles. The van der Waals surface area contributed by atoms with Crippen LogP contribution in [0.3, 0.4) is 0 Å². The lowest BCUT2D eigenvalue weighted by atomic mass is 10.0. The van der Waals surface area contributed by atoms with E-state index in [1.807, 2.05) is 36.4 Å². The first kappa shape index (κ1) is 13.2. The minimum absolute atomic E-state index is 0.0205. The Morgan fingerprint density at radius 3 is 2.24 bits per heavy atom. The SMILES string of the molecule is COc1ccc(-c2c[nH]c3ccc(OC)cc3c2=O)cc1. The molecule has 0 bridgehead atoms. The number of aromatic nitrogens is 1. The highest BCUT2D eigenvalue weighted by Gasteiger charge is 2.08. The summed E-state index contributed by atoms with van der Waals surface area (Å²) in [4.78, 5) is 15.8. The third-order valence-corrected chi connectivity index (χ3v) is 3.49. The van der Waals surface area contributed by atoms with E-state index >= 15 is 0 Å². The molecular formula is C17H15NO3. The van der Waals surface area contributed by atoms with Gasteiger partial charge in [-0.25, -0.2) is 0 Å². The fourth-order valence-corrected chi connectivity index (χ4v) is 2.31. The number of pyridine rings is 1. The van der Waals surface area contributed by atoms with Gasteiger partial charge >= 0.3 is 0 Å². The molecule has 106 valence electrons. The average molecular weight is 281 g/mol. The van der Waals surface area contributed by atoms with Gasteiger partial charge in [-0.2, -0.15) is 0 Å². The number of nitrogens with one attached hydrogen (secondary N) is 1. The Hall–Kier alpha value is -2.75. The Kier molecular flexibility index (Phi) is 3.36. The second-order valence-corrected chi connectivity index (χ2v) is 4.67. The number of rotatable bonds is 3. The number of H-pyrrole nitrogens is 1. The van der Waals surface area contributed by atoms with Crippen LogP contribution in [0.2, 0.25) is 0 Å². The maximum atomic E-state index is 12.6. The molecule has 0 aliphatic carbocycles. The van der Waals surface area contributed by atoms with E-state index < -0.39 is 0 Å². The summed E-state index contributed by atoms with van der Waals surface area (Å²) in [5.74, 6) is 1.43. The summed E-state index contributed by atoms with van der Waals surface area (Å²) in [6.45, 7) is 0. The first-order chi connectivity index (χ1) is 10.2. The second-order valence-electron chi connectivity index (χ2n) is 4.67. The van der Waals surface area contributed by atoms with E-state index in [9.17, 15) is 4.79 Å². The highest BCUT2D eigenvalue weighted by Crippen LogP contribution is 2.22. The molecule has 0 atom stereocenters. The van der Waals surface area contributed by atoms with Crippen molar-refractivity contribution in [2.24, 2.45) is 0 Å². The number of hydrogen-bond donors (Lipinski definition) is 1. The van der Waals surface area contributed by atoms with Crippen LogP contribution in [0.1, 0.15) is 0 Å². The van der Waals surface area contributed by atoms with Crippen molar-refractivity contribution in [3.8, 4) is 22.6 Å². The van der Waals surface area contributed by atoms with E-state index in [2.05, 4.69) is 4.98 Å². The summed E-state index contributed by atoms with van der Waals surface area (Å²) in [5, 5.41) is 0.614. The Bertz CT molecular complexity index is 835. The fourth-order valence-electron chi connectivity index (χ4n) is 2.31. The molecule has 1 N–H and O–H groups in total. The average Bonchev–Trinajstić information content (AvgIpc) is 2.55. The second kappa shape index (κ2) is 5.32. The Labute approximate surface area is 122 Å². The third-order valence-electron chi connectivity index (χ3n) is 3.49. The van der Waals surface area contributed by atoms with Gasteiger partial charge in [0.1, 0.15) is 11.5 Å². The molecule has 0 radical (unpaired) electrons. The third kappa shape index (κ3) is 2.36. The van der Waals surface area contributed by atoms with Crippen LogP contribution in [0.5, 0.6) is 11.5 Å². The number of ether oxygens (including phenoxy) is 2. The molecule has 0 saturated heterocycles. The number of fused-ring (bicyclic) bond motifs is 1. The van der Waals surface area contributed by atoms with Crippen LogP contribution in [0.25, 0.3) is 22.0 Å². The van der Waals surface area contributed by atoms with Crippen molar-refractivity contribution in [3.05, 3.63) is 58.9 Å². The summed E-state index contributed by atoms with van der Waals surface area (Å²) >= 11 is 0. The van der Waals surface area contributed by atoms with Crippen molar-refractivity contribution in [2.45, 2.75) is 0 Å². The zero-order valence-corrected chi connectivity index (χ0v) is 11.8. The van der Waals surface area contributed by atoms with Crippen molar-refractivity contribution in [3.63, 3.8) is 0 Å². The van der Waals surface area contributed by atoms with Gasteiger partial charge in [-0.15, -0.1) is 0 Å². The Morgan fingerprint density at radius 1 is 0.905 bits per heavy atom. The van der Waals surface area contributed by atoms with Gasteiger partial charge in [-0.3, -0.25) is 4.79 Å². The van der Waals surface area contributed by atoms with E-state index in [1.54, 1.807) is 26.5 Å². The first-order valence-electron chi connectivity index (χ1n) is 6.57. The highest BCUT2D eigenvalue weighted by molar-refractivity contribution is 5.84. The lowest BCUT2D eigenvalue weighted by Crippen LogP contribution is -2.06. The van der Waals surface area contributed by atoms with E-state index in [-0.39, 0.29) is 5.43 Å².